The second-order valence-corrected chi connectivity index (χ2v) is 5.99. The highest BCUT2D eigenvalue weighted by molar-refractivity contribution is 5.95. The maximum atomic E-state index is 12.0. The molecular formula is C19H23N3O3. The van der Waals surface area contributed by atoms with Gasteiger partial charge in [0.1, 0.15) is 5.75 Å². The number of hydrogen-bond acceptors (Lipinski definition) is 4. The predicted molar refractivity (Wildman–Crippen MR) is 98.5 cm³/mol. The van der Waals surface area contributed by atoms with Crippen LogP contribution in [0.4, 0.5) is 11.4 Å². The molecule has 0 aliphatic heterocycles. The van der Waals surface area contributed by atoms with Crippen LogP contribution < -0.4 is 21.1 Å². The molecule has 0 heterocycles. The third kappa shape index (κ3) is 5.93. The fourth-order valence-corrected chi connectivity index (χ4v) is 2.06. The first-order valence-electron chi connectivity index (χ1n) is 8.10. The zero-order valence-corrected chi connectivity index (χ0v) is 14.4. The van der Waals surface area contributed by atoms with Crippen LogP contribution in [0.5, 0.6) is 5.75 Å². The maximum absolute atomic E-state index is 12.0. The average Bonchev–Trinajstić information content (AvgIpc) is 2.60. The second kappa shape index (κ2) is 8.84. The first kappa shape index (κ1) is 18.5. The molecule has 0 unspecified atom stereocenters. The minimum atomic E-state index is -0.582. The molecule has 2 aromatic carbocycles. The summed E-state index contributed by atoms with van der Waals surface area (Å²) in [6.07, 6.45) is 0. The third-order valence-corrected chi connectivity index (χ3v) is 3.55. The number of para-hydroxylation sites is 1. The van der Waals surface area contributed by atoms with Crippen LogP contribution in [0.2, 0.25) is 0 Å². The highest BCUT2D eigenvalue weighted by Gasteiger charge is 2.17. The molecule has 6 heteroatoms. The van der Waals surface area contributed by atoms with E-state index in [9.17, 15) is 9.59 Å². The lowest BCUT2D eigenvalue weighted by Crippen LogP contribution is -2.39. The van der Waals surface area contributed by atoms with Crippen LogP contribution in [0.15, 0.2) is 54.6 Å². The minimum Gasteiger partial charge on any atom is -0.484 e. The van der Waals surface area contributed by atoms with Crippen molar-refractivity contribution >= 4 is 23.2 Å². The Morgan fingerprint density at radius 1 is 1.00 bits per heavy atom. The van der Waals surface area contributed by atoms with Crippen LogP contribution in [0, 0.1) is 5.92 Å². The van der Waals surface area contributed by atoms with Gasteiger partial charge in [0.05, 0.1) is 6.04 Å². The first-order chi connectivity index (χ1) is 12.0. The largest absolute Gasteiger partial charge is 0.484 e. The van der Waals surface area contributed by atoms with E-state index >= 15 is 0 Å². The van der Waals surface area contributed by atoms with Crippen LogP contribution in [0.3, 0.4) is 0 Å². The number of anilines is 2. The number of carbonyl (C=O) groups is 2. The molecule has 1 atom stereocenters. The summed E-state index contributed by atoms with van der Waals surface area (Å²) >= 11 is 0. The van der Waals surface area contributed by atoms with Crippen molar-refractivity contribution < 1.29 is 14.3 Å². The summed E-state index contributed by atoms with van der Waals surface area (Å²) in [5, 5.41) is 5.48. The van der Waals surface area contributed by atoms with E-state index in [4.69, 9.17) is 10.5 Å². The van der Waals surface area contributed by atoms with Gasteiger partial charge in [-0.1, -0.05) is 38.1 Å². The zero-order valence-electron chi connectivity index (χ0n) is 14.4. The normalized spacial score (nSPS) is 11.7. The maximum Gasteiger partial charge on any atom is 0.262 e. The van der Waals surface area contributed by atoms with Gasteiger partial charge in [0.2, 0.25) is 5.91 Å². The van der Waals surface area contributed by atoms with E-state index < -0.39 is 6.04 Å². The highest BCUT2D eigenvalue weighted by atomic mass is 16.5. The van der Waals surface area contributed by atoms with Gasteiger partial charge in [-0.15, -0.1) is 0 Å². The Kier molecular flexibility index (Phi) is 6.54. The van der Waals surface area contributed by atoms with Crippen molar-refractivity contribution in [1.29, 1.82) is 0 Å². The number of benzene rings is 2. The molecule has 2 amide bonds. The lowest BCUT2D eigenvalue weighted by Gasteiger charge is -2.15. The molecule has 2 rings (SSSR count). The summed E-state index contributed by atoms with van der Waals surface area (Å²) in [4.78, 5) is 23.9. The smallest absolute Gasteiger partial charge is 0.262 e. The molecule has 0 saturated heterocycles. The van der Waals surface area contributed by atoms with Crippen LogP contribution in [-0.2, 0) is 9.59 Å². The van der Waals surface area contributed by atoms with Crippen molar-refractivity contribution in [3.05, 3.63) is 54.6 Å². The van der Waals surface area contributed by atoms with Crippen LogP contribution in [0.25, 0.3) is 0 Å². The Hall–Kier alpha value is -2.86. The lowest BCUT2D eigenvalue weighted by molar-refractivity contribution is -0.119. The van der Waals surface area contributed by atoms with Crippen molar-refractivity contribution in [3.63, 3.8) is 0 Å². The topological polar surface area (TPSA) is 93.5 Å². The van der Waals surface area contributed by atoms with Gasteiger partial charge in [-0.05, 0) is 30.2 Å². The molecule has 0 saturated carbocycles. The fraction of sp³-hybridized carbons (Fsp3) is 0.263. The van der Waals surface area contributed by atoms with E-state index in [0.29, 0.717) is 17.1 Å². The molecule has 6 nitrogen and oxygen atoms in total. The van der Waals surface area contributed by atoms with E-state index in [0.717, 1.165) is 0 Å². The number of nitrogens with two attached hydrogens (primary N) is 1. The second-order valence-electron chi connectivity index (χ2n) is 5.99. The summed E-state index contributed by atoms with van der Waals surface area (Å²) in [6.45, 7) is 3.64. The molecule has 0 aliphatic carbocycles. The van der Waals surface area contributed by atoms with Gasteiger partial charge < -0.3 is 21.1 Å². The predicted octanol–water partition coefficient (Wildman–Crippen LogP) is 2.63. The first-order valence-corrected chi connectivity index (χ1v) is 8.10. The molecule has 0 spiro atoms. The summed E-state index contributed by atoms with van der Waals surface area (Å²) in [6, 6.07) is 15.4. The number of carbonyl (C=O) groups excluding carboxylic acids is 2. The zero-order chi connectivity index (χ0) is 18.2. The standard InChI is InChI=1S/C19H23N3O3/c1-13(2)18(20)19(24)22-15-9-6-10-16(11-15)25-12-17(23)21-14-7-4-3-5-8-14/h3-11,13,18H,12,20H2,1-2H3,(H,21,23)(H,22,24)/t18-/m0/s1. The number of ether oxygens (including phenoxy) is 1. The molecule has 132 valence electrons. The van der Waals surface area contributed by atoms with Gasteiger partial charge in [-0.2, -0.15) is 0 Å². The van der Waals surface area contributed by atoms with E-state index in [-0.39, 0.29) is 24.3 Å². The average molecular weight is 341 g/mol. The fourth-order valence-electron chi connectivity index (χ4n) is 2.06. The Morgan fingerprint density at radius 3 is 2.36 bits per heavy atom. The van der Waals surface area contributed by atoms with Gasteiger partial charge >= 0.3 is 0 Å². The summed E-state index contributed by atoms with van der Waals surface area (Å²) < 4.78 is 5.48. The number of hydrogen-bond donors (Lipinski definition) is 3. The van der Waals surface area contributed by atoms with Crippen molar-refractivity contribution in [2.75, 3.05) is 17.2 Å². The van der Waals surface area contributed by atoms with Crippen molar-refractivity contribution in [1.82, 2.24) is 0 Å². The molecule has 25 heavy (non-hydrogen) atoms. The summed E-state index contributed by atoms with van der Waals surface area (Å²) in [5.41, 5.74) is 7.10. The minimum absolute atomic E-state index is 0.0427. The number of nitrogens with one attached hydrogen (secondary N) is 2. The Labute approximate surface area is 147 Å². The van der Waals surface area contributed by atoms with Crippen LogP contribution in [-0.4, -0.2) is 24.5 Å². The molecule has 0 aromatic heterocycles. The van der Waals surface area contributed by atoms with E-state index in [1.165, 1.54) is 0 Å². The van der Waals surface area contributed by atoms with E-state index in [1.807, 2.05) is 32.0 Å². The molecule has 0 radical (unpaired) electrons. The number of amides is 2. The van der Waals surface area contributed by atoms with Gasteiger partial charge in [-0.25, -0.2) is 0 Å². The van der Waals surface area contributed by atoms with Gasteiger partial charge in [0, 0.05) is 17.4 Å². The monoisotopic (exact) mass is 341 g/mol. The third-order valence-electron chi connectivity index (χ3n) is 3.55. The molecule has 4 N–H and O–H groups in total. The molecule has 0 fully saturated rings. The van der Waals surface area contributed by atoms with Gasteiger partial charge in [0.15, 0.2) is 6.61 Å². The van der Waals surface area contributed by atoms with Gasteiger partial charge in [0.25, 0.3) is 5.91 Å². The Balaban J connectivity index is 1.88. The van der Waals surface area contributed by atoms with Crippen molar-refractivity contribution in [2.24, 2.45) is 11.7 Å². The van der Waals surface area contributed by atoms with Crippen molar-refractivity contribution in [3.8, 4) is 5.75 Å². The molecule has 2 aromatic rings. The van der Waals surface area contributed by atoms with E-state index in [2.05, 4.69) is 10.6 Å². The quantitative estimate of drug-likeness (QED) is 0.722. The summed E-state index contributed by atoms with van der Waals surface area (Å²) in [5.74, 6) is 0.0108. The van der Waals surface area contributed by atoms with Crippen LogP contribution in [0.1, 0.15) is 13.8 Å². The summed E-state index contributed by atoms with van der Waals surface area (Å²) in [7, 11) is 0. The van der Waals surface area contributed by atoms with Crippen molar-refractivity contribution in [2.45, 2.75) is 19.9 Å². The Bertz CT molecular complexity index is 717. The van der Waals surface area contributed by atoms with Gasteiger partial charge in [-0.3, -0.25) is 9.59 Å². The number of rotatable bonds is 7. The molecular weight excluding hydrogens is 318 g/mol. The SMILES string of the molecule is CC(C)[C@H](N)C(=O)Nc1cccc(OCC(=O)Nc2ccccc2)c1. The highest BCUT2D eigenvalue weighted by Crippen LogP contribution is 2.18. The Morgan fingerprint density at radius 2 is 1.68 bits per heavy atom. The van der Waals surface area contributed by atoms with Crippen LogP contribution >= 0.6 is 0 Å². The molecule has 0 aliphatic rings. The van der Waals surface area contributed by atoms with E-state index in [1.54, 1.807) is 36.4 Å². The molecule has 0 bridgehead atoms. The lowest BCUT2D eigenvalue weighted by atomic mass is 10.0.